The second-order valence-corrected chi connectivity index (χ2v) is 8.38. The minimum atomic E-state index is -2.27. The largest absolute Gasteiger partial charge is 0.479 e. The SMILES string of the molecule is CC(C)(C)OC(=O)N1CCC[C@H](NC2CCOCC2)C1.O=C(O)[C@H](O)[C@@H](O)C(=O)O. The molecule has 2 aliphatic rings. The van der Waals surface area contributed by atoms with Crippen LogP contribution in [0, 0.1) is 0 Å². The molecule has 0 aromatic heterocycles. The van der Waals surface area contributed by atoms with Crippen molar-refractivity contribution in [3.05, 3.63) is 0 Å². The second-order valence-electron chi connectivity index (χ2n) is 8.38. The number of nitrogens with one attached hydrogen (secondary N) is 1. The normalized spacial score (nSPS) is 22.3. The van der Waals surface area contributed by atoms with Gasteiger partial charge >= 0.3 is 18.0 Å². The van der Waals surface area contributed by atoms with Gasteiger partial charge in [0.1, 0.15) is 5.60 Å². The number of aliphatic carboxylic acids is 2. The van der Waals surface area contributed by atoms with Crippen molar-refractivity contribution in [3.8, 4) is 0 Å². The Balaban J connectivity index is 0.000000382. The number of ether oxygens (including phenoxy) is 2. The number of carboxylic acids is 2. The Morgan fingerprint density at radius 2 is 1.53 bits per heavy atom. The molecule has 3 atom stereocenters. The number of carbonyl (C=O) groups is 3. The summed E-state index contributed by atoms with van der Waals surface area (Å²) in [6.07, 6.45) is -0.395. The van der Waals surface area contributed by atoms with Crippen LogP contribution in [0.1, 0.15) is 46.5 Å². The summed E-state index contributed by atoms with van der Waals surface area (Å²) in [5.41, 5.74) is -0.418. The summed E-state index contributed by atoms with van der Waals surface area (Å²) in [7, 11) is 0. The predicted octanol–water partition coefficient (Wildman–Crippen LogP) is 0.0319. The number of hydrogen-bond donors (Lipinski definition) is 5. The first-order chi connectivity index (χ1) is 13.9. The number of rotatable bonds is 5. The minimum Gasteiger partial charge on any atom is -0.479 e. The van der Waals surface area contributed by atoms with Crippen molar-refractivity contribution in [2.75, 3.05) is 26.3 Å². The number of hydrogen-bond acceptors (Lipinski definition) is 8. The van der Waals surface area contributed by atoms with Crippen molar-refractivity contribution in [2.45, 2.75) is 76.3 Å². The molecule has 2 saturated heterocycles. The van der Waals surface area contributed by atoms with Gasteiger partial charge in [0.25, 0.3) is 0 Å². The summed E-state index contributed by atoms with van der Waals surface area (Å²) in [5, 5.41) is 36.2. The molecule has 2 heterocycles. The highest BCUT2D eigenvalue weighted by Crippen LogP contribution is 2.17. The van der Waals surface area contributed by atoms with Crippen molar-refractivity contribution < 1.29 is 44.3 Å². The lowest BCUT2D eigenvalue weighted by molar-refractivity contribution is -0.165. The summed E-state index contributed by atoms with van der Waals surface area (Å²) >= 11 is 0. The molecule has 0 bridgehead atoms. The van der Waals surface area contributed by atoms with Crippen LogP contribution in [0.15, 0.2) is 0 Å². The maximum absolute atomic E-state index is 12.1. The number of likely N-dealkylation sites (tertiary alicyclic amines) is 1. The van der Waals surface area contributed by atoms with Gasteiger partial charge < -0.3 is 40.1 Å². The Hall–Kier alpha value is -1.95. The number of nitrogens with zero attached hydrogens (tertiary/aromatic N) is 1. The van der Waals surface area contributed by atoms with Crippen molar-refractivity contribution in [1.29, 1.82) is 0 Å². The Kier molecular flexibility index (Phi) is 10.5. The molecule has 0 unspecified atom stereocenters. The Morgan fingerprint density at radius 3 is 2.00 bits per heavy atom. The zero-order chi connectivity index (χ0) is 22.9. The zero-order valence-corrected chi connectivity index (χ0v) is 17.7. The van der Waals surface area contributed by atoms with E-state index in [2.05, 4.69) is 5.32 Å². The maximum Gasteiger partial charge on any atom is 0.410 e. The molecule has 0 aromatic rings. The summed E-state index contributed by atoms with van der Waals surface area (Å²) in [6, 6.07) is 0.923. The number of carbonyl (C=O) groups excluding carboxylic acids is 1. The van der Waals surface area contributed by atoms with Crippen LogP contribution in [0.4, 0.5) is 4.79 Å². The molecule has 0 saturated carbocycles. The molecule has 11 nitrogen and oxygen atoms in total. The highest BCUT2D eigenvalue weighted by molar-refractivity contribution is 5.83. The third-order valence-corrected chi connectivity index (χ3v) is 4.57. The number of carboxylic acid groups (broad SMARTS) is 2. The van der Waals surface area contributed by atoms with Gasteiger partial charge in [0, 0.05) is 38.4 Å². The quantitative estimate of drug-likeness (QED) is 0.398. The first-order valence-electron chi connectivity index (χ1n) is 10.0. The molecule has 2 rings (SSSR count). The van der Waals surface area contributed by atoms with Crippen LogP contribution < -0.4 is 5.32 Å². The highest BCUT2D eigenvalue weighted by Gasteiger charge is 2.30. The van der Waals surface area contributed by atoms with Crippen molar-refractivity contribution in [3.63, 3.8) is 0 Å². The lowest BCUT2D eigenvalue weighted by Crippen LogP contribution is -2.52. The van der Waals surface area contributed by atoms with E-state index < -0.39 is 29.7 Å². The Morgan fingerprint density at radius 1 is 1.00 bits per heavy atom. The molecular formula is C19H34N2O9. The molecule has 0 aliphatic carbocycles. The number of aliphatic hydroxyl groups excluding tert-OH is 2. The van der Waals surface area contributed by atoms with Crippen LogP contribution in [0.2, 0.25) is 0 Å². The Labute approximate surface area is 176 Å². The first-order valence-corrected chi connectivity index (χ1v) is 10.0. The van der Waals surface area contributed by atoms with Gasteiger partial charge in [0.15, 0.2) is 12.2 Å². The molecule has 0 spiro atoms. The molecular weight excluding hydrogens is 400 g/mol. The summed E-state index contributed by atoms with van der Waals surface area (Å²) in [5.74, 6) is -3.54. The van der Waals surface area contributed by atoms with Gasteiger partial charge in [-0.15, -0.1) is 0 Å². The van der Waals surface area contributed by atoms with Gasteiger partial charge in [-0.1, -0.05) is 0 Å². The lowest BCUT2D eigenvalue weighted by Gasteiger charge is -2.37. The maximum atomic E-state index is 12.1. The van der Waals surface area contributed by atoms with Crippen LogP contribution in [-0.2, 0) is 19.1 Å². The van der Waals surface area contributed by atoms with Gasteiger partial charge in [-0.05, 0) is 46.5 Å². The third-order valence-electron chi connectivity index (χ3n) is 4.57. The van der Waals surface area contributed by atoms with E-state index in [1.54, 1.807) is 0 Å². The summed E-state index contributed by atoms with van der Waals surface area (Å²) in [4.78, 5) is 33.5. The molecule has 0 radical (unpaired) electrons. The summed E-state index contributed by atoms with van der Waals surface area (Å²) in [6.45, 7) is 8.99. The lowest BCUT2D eigenvalue weighted by atomic mass is 10.0. The van der Waals surface area contributed by atoms with E-state index in [1.165, 1.54) is 0 Å². The Bertz CT molecular complexity index is 555. The van der Waals surface area contributed by atoms with Crippen molar-refractivity contribution >= 4 is 18.0 Å². The van der Waals surface area contributed by atoms with Crippen LogP contribution in [0.25, 0.3) is 0 Å². The molecule has 2 fully saturated rings. The predicted molar refractivity (Wildman–Crippen MR) is 105 cm³/mol. The monoisotopic (exact) mass is 434 g/mol. The number of piperidine rings is 1. The average molecular weight is 434 g/mol. The molecule has 1 amide bonds. The highest BCUT2D eigenvalue weighted by atomic mass is 16.6. The number of aliphatic hydroxyl groups is 2. The van der Waals surface area contributed by atoms with Crippen molar-refractivity contribution in [2.24, 2.45) is 0 Å². The second kappa shape index (κ2) is 12.0. The van der Waals surface area contributed by atoms with Gasteiger partial charge in [-0.2, -0.15) is 0 Å². The van der Waals surface area contributed by atoms with Crippen LogP contribution in [0.3, 0.4) is 0 Å². The van der Waals surface area contributed by atoms with Gasteiger partial charge in [-0.25, -0.2) is 14.4 Å². The van der Waals surface area contributed by atoms with Crippen molar-refractivity contribution in [1.82, 2.24) is 10.2 Å². The minimum absolute atomic E-state index is 0.184. The van der Waals surface area contributed by atoms with E-state index in [0.29, 0.717) is 12.1 Å². The molecule has 174 valence electrons. The van der Waals surface area contributed by atoms with E-state index >= 15 is 0 Å². The van der Waals surface area contributed by atoms with Crippen LogP contribution in [-0.4, -0.2) is 99.6 Å². The fourth-order valence-corrected chi connectivity index (χ4v) is 3.07. The number of amides is 1. The average Bonchev–Trinajstić information content (AvgIpc) is 2.67. The standard InChI is InChI=1S/C15H28N2O3.C4H6O6/c1-15(2,3)20-14(18)17-8-4-5-13(11-17)16-12-6-9-19-10-7-12;5-1(3(7)8)2(6)4(9)10/h12-13,16H,4-11H2,1-3H3;1-2,5-6H,(H,7,8)(H,9,10)/t13-;1-,2-/m01/s1. The van der Waals surface area contributed by atoms with E-state index in [9.17, 15) is 14.4 Å². The molecule has 2 aliphatic heterocycles. The van der Waals surface area contributed by atoms with E-state index in [1.807, 2.05) is 25.7 Å². The molecule has 0 aromatic carbocycles. The van der Waals surface area contributed by atoms with Crippen LogP contribution >= 0.6 is 0 Å². The first kappa shape index (κ1) is 26.1. The molecule has 30 heavy (non-hydrogen) atoms. The van der Waals surface area contributed by atoms with Gasteiger partial charge in [-0.3, -0.25) is 0 Å². The van der Waals surface area contributed by atoms with Gasteiger partial charge in [0.05, 0.1) is 0 Å². The third kappa shape index (κ3) is 9.70. The molecule has 11 heteroatoms. The molecule has 5 N–H and O–H groups in total. The fraction of sp³-hybridized carbons (Fsp3) is 0.842. The van der Waals surface area contributed by atoms with E-state index in [0.717, 1.165) is 52.0 Å². The fourth-order valence-electron chi connectivity index (χ4n) is 3.07. The topological polar surface area (TPSA) is 166 Å². The zero-order valence-electron chi connectivity index (χ0n) is 17.7. The van der Waals surface area contributed by atoms with E-state index in [-0.39, 0.29) is 6.09 Å². The van der Waals surface area contributed by atoms with Crippen LogP contribution in [0.5, 0.6) is 0 Å². The smallest absolute Gasteiger partial charge is 0.410 e. The van der Waals surface area contributed by atoms with E-state index in [4.69, 9.17) is 29.9 Å². The summed E-state index contributed by atoms with van der Waals surface area (Å²) < 4.78 is 10.8. The van der Waals surface area contributed by atoms with Gasteiger partial charge in [0.2, 0.25) is 0 Å².